The van der Waals surface area contributed by atoms with Gasteiger partial charge in [0.05, 0.1) is 34.8 Å². The minimum Gasteiger partial charge on any atom is -0.497 e. The smallest absolute Gasteiger partial charge is 0.418 e. The van der Waals surface area contributed by atoms with Crippen molar-refractivity contribution in [3.8, 4) is 11.4 Å². The number of amides is 1. The molecule has 29 heavy (non-hydrogen) atoms. The second kappa shape index (κ2) is 8.70. The van der Waals surface area contributed by atoms with E-state index in [1.807, 2.05) is 0 Å². The van der Waals surface area contributed by atoms with Crippen LogP contribution >= 0.6 is 23.4 Å². The Bertz CT molecular complexity index is 1010. The third-order valence-corrected chi connectivity index (χ3v) is 4.91. The Labute approximate surface area is 172 Å². The lowest BCUT2D eigenvalue weighted by atomic mass is 10.1. The quantitative estimate of drug-likeness (QED) is 0.578. The number of carbonyl (C=O) groups is 1. The lowest BCUT2D eigenvalue weighted by Crippen LogP contribution is -2.18. The first-order valence-corrected chi connectivity index (χ1v) is 9.37. The number of alkyl halides is 3. The van der Waals surface area contributed by atoms with E-state index in [0.29, 0.717) is 16.6 Å². The van der Waals surface area contributed by atoms with E-state index in [0.717, 1.165) is 17.8 Å². The van der Waals surface area contributed by atoms with Gasteiger partial charge >= 0.3 is 6.18 Å². The van der Waals surface area contributed by atoms with Crippen molar-refractivity contribution in [2.24, 2.45) is 0 Å². The van der Waals surface area contributed by atoms with Crippen LogP contribution in [-0.4, -0.2) is 39.0 Å². The second-order valence-corrected chi connectivity index (χ2v) is 6.92. The first-order chi connectivity index (χ1) is 13.8. The molecular formula is C17H13ClF3N5O2S. The predicted octanol–water partition coefficient (Wildman–Crippen LogP) is 4.07. The number of para-hydroxylation sites is 1. The van der Waals surface area contributed by atoms with Crippen LogP contribution in [0.5, 0.6) is 5.75 Å². The molecule has 152 valence electrons. The summed E-state index contributed by atoms with van der Waals surface area (Å²) in [5, 5.41) is 13.6. The Hall–Kier alpha value is -2.79. The van der Waals surface area contributed by atoms with Gasteiger partial charge in [-0.3, -0.25) is 4.79 Å². The molecule has 0 aliphatic heterocycles. The maximum atomic E-state index is 13.1. The molecule has 0 atom stereocenters. The molecule has 0 saturated carbocycles. The van der Waals surface area contributed by atoms with Crippen LogP contribution < -0.4 is 10.1 Å². The summed E-state index contributed by atoms with van der Waals surface area (Å²) < 4.78 is 45.9. The first-order valence-electron chi connectivity index (χ1n) is 8.00. The van der Waals surface area contributed by atoms with Crippen molar-refractivity contribution in [3.63, 3.8) is 0 Å². The van der Waals surface area contributed by atoms with E-state index in [4.69, 9.17) is 16.3 Å². The molecule has 0 radical (unpaired) electrons. The highest BCUT2D eigenvalue weighted by atomic mass is 35.5. The minimum atomic E-state index is -4.65. The molecule has 0 fully saturated rings. The van der Waals surface area contributed by atoms with Gasteiger partial charge in [0.1, 0.15) is 5.75 Å². The molecule has 1 heterocycles. The number of anilines is 1. The fourth-order valence-electron chi connectivity index (χ4n) is 2.35. The van der Waals surface area contributed by atoms with Gasteiger partial charge in [0.25, 0.3) is 0 Å². The van der Waals surface area contributed by atoms with E-state index >= 15 is 0 Å². The van der Waals surface area contributed by atoms with Crippen molar-refractivity contribution in [1.82, 2.24) is 20.2 Å². The predicted molar refractivity (Wildman–Crippen MR) is 102 cm³/mol. The fraction of sp³-hybridized carbons (Fsp3) is 0.176. The number of halogens is 4. The minimum absolute atomic E-state index is 0.207. The number of carbonyl (C=O) groups excluding carboxylic acids is 1. The first kappa shape index (κ1) is 20.9. The molecule has 0 spiro atoms. The number of rotatable bonds is 6. The van der Waals surface area contributed by atoms with Gasteiger partial charge in [0.15, 0.2) is 0 Å². The second-order valence-electron chi connectivity index (χ2n) is 5.57. The van der Waals surface area contributed by atoms with Crippen LogP contribution in [0.4, 0.5) is 18.9 Å². The van der Waals surface area contributed by atoms with Crippen molar-refractivity contribution in [1.29, 1.82) is 0 Å². The average molecular weight is 444 g/mol. The van der Waals surface area contributed by atoms with E-state index in [-0.39, 0.29) is 10.8 Å². The van der Waals surface area contributed by atoms with Gasteiger partial charge in [-0.25, -0.2) is 0 Å². The van der Waals surface area contributed by atoms with E-state index in [1.165, 1.54) is 23.9 Å². The Balaban J connectivity index is 1.71. The third-order valence-electron chi connectivity index (χ3n) is 3.67. The molecule has 0 bridgehead atoms. The largest absolute Gasteiger partial charge is 0.497 e. The molecule has 1 amide bonds. The normalized spacial score (nSPS) is 11.3. The fourth-order valence-corrected chi connectivity index (χ4v) is 3.26. The standard InChI is InChI=1S/C17H13ClF3N5O2S/c1-28-11-7-5-10(6-8-11)26-16(23-24-25-26)29-9-14(27)22-15-12(17(19,20)21)3-2-4-13(15)18/h2-8H,9H2,1H3,(H,22,27). The molecule has 3 aromatic rings. The van der Waals surface area contributed by atoms with Crippen LogP contribution in [0.1, 0.15) is 5.56 Å². The van der Waals surface area contributed by atoms with Crippen molar-refractivity contribution in [3.05, 3.63) is 53.1 Å². The number of hydrogen-bond donors (Lipinski definition) is 1. The van der Waals surface area contributed by atoms with E-state index in [9.17, 15) is 18.0 Å². The number of methoxy groups -OCH3 is 1. The maximum absolute atomic E-state index is 13.1. The molecule has 0 aliphatic rings. The molecule has 0 unspecified atom stereocenters. The van der Waals surface area contributed by atoms with Gasteiger partial charge in [-0.1, -0.05) is 29.4 Å². The number of hydrogen-bond acceptors (Lipinski definition) is 6. The van der Waals surface area contributed by atoms with Crippen LogP contribution in [0.15, 0.2) is 47.6 Å². The number of thioether (sulfide) groups is 1. The summed E-state index contributed by atoms with van der Waals surface area (Å²) in [7, 11) is 1.54. The Morgan fingerprint density at radius 2 is 1.97 bits per heavy atom. The number of benzene rings is 2. The maximum Gasteiger partial charge on any atom is 0.418 e. The van der Waals surface area contributed by atoms with Gasteiger partial charge < -0.3 is 10.1 Å². The lowest BCUT2D eigenvalue weighted by molar-refractivity contribution is -0.137. The molecular weight excluding hydrogens is 431 g/mol. The zero-order valence-electron chi connectivity index (χ0n) is 14.8. The van der Waals surface area contributed by atoms with Crippen LogP contribution in [0.2, 0.25) is 5.02 Å². The Morgan fingerprint density at radius 3 is 2.62 bits per heavy atom. The highest BCUT2D eigenvalue weighted by molar-refractivity contribution is 7.99. The van der Waals surface area contributed by atoms with Gasteiger partial charge in [-0.2, -0.15) is 17.9 Å². The molecule has 12 heteroatoms. The SMILES string of the molecule is COc1ccc(-n2nnnc2SCC(=O)Nc2c(Cl)cccc2C(F)(F)F)cc1. The van der Waals surface area contributed by atoms with E-state index in [1.54, 1.807) is 24.3 Å². The molecule has 0 saturated heterocycles. The molecule has 0 aliphatic carbocycles. The summed E-state index contributed by atoms with van der Waals surface area (Å²) in [4.78, 5) is 12.2. The summed E-state index contributed by atoms with van der Waals surface area (Å²) in [6, 6.07) is 10.2. The molecule has 2 aromatic carbocycles. The van der Waals surface area contributed by atoms with E-state index in [2.05, 4.69) is 20.8 Å². The van der Waals surface area contributed by atoms with Gasteiger partial charge in [0, 0.05) is 0 Å². The number of nitrogens with one attached hydrogen (secondary N) is 1. The van der Waals surface area contributed by atoms with Crippen LogP contribution in [0.3, 0.4) is 0 Å². The molecule has 3 rings (SSSR count). The van der Waals surface area contributed by atoms with Gasteiger partial charge in [-0.15, -0.1) is 5.10 Å². The lowest BCUT2D eigenvalue weighted by Gasteiger charge is -2.15. The summed E-state index contributed by atoms with van der Waals surface area (Å²) in [6.45, 7) is 0. The van der Waals surface area contributed by atoms with Crippen LogP contribution in [0.25, 0.3) is 5.69 Å². The third kappa shape index (κ3) is 4.98. The molecule has 1 aromatic heterocycles. The number of tetrazole rings is 1. The average Bonchev–Trinajstić information content (AvgIpc) is 3.16. The summed E-state index contributed by atoms with van der Waals surface area (Å²) >= 11 is 6.81. The zero-order chi connectivity index (χ0) is 21.0. The summed E-state index contributed by atoms with van der Waals surface area (Å²) in [5.41, 5.74) is -0.877. The highest BCUT2D eigenvalue weighted by Crippen LogP contribution is 2.38. The van der Waals surface area contributed by atoms with Crippen molar-refractivity contribution in [2.45, 2.75) is 11.3 Å². The van der Waals surface area contributed by atoms with E-state index < -0.39 is 23.3 Å². The Morgan fingerprint density at radius 1 is 1.24 bits per heavy atom. The Kier molecular flexibility index (Phi) is 6.28. The summed E-state index contributed by atoms with van der Waals surface area (Å²) in [6.07, 6.45) is -4.65. The number of ether oxygens (including phenoxy) is 1. The van der Waals surface area contributed by atoms with Crippen molar-refractivity contribution in [2.75, 3.05) is 18.2 Å². The summed E-state index contributed by atoms with van der Waals surface area (Å²) in [5.74, 6) is -0.257. The van der Waals surface area contributed by atoms with Crippen molar-refractivity contribution >= 4 is 35.0 Å². The molecule has 1 N–H and O–H groups in total. The molecule has 7 nitrogen and oxygen atoms in total. The van der Waals surface area contributed by atoms with Gasteiger partial charge in [0.2, 0.25) is 11.1 Å². The topological polar surface area (TPSA) is 81.9 Å². The zero-order valence-corrected chi connectivity index (χ0v) is 16.3. The van der Waals surface area contributed by atoms with Gasteiger partial charge in [-0.05, 0) is 46.8 Å². The number of aromatic nitrogens is 4. The number of nitrogens with zero attached hydrogens (tertiary/aromatic N) is 4. The monoisotopic (exact) mass is 443 g/mol. The van der Waals surface area contributed by atoms with Crippen molar-refractivity contribution < 1.29 is 22.7 Å². The van der Waals surface area contributed by atoms with Crippen LogP contribution in [0, 0.1) is 0 Å². The van der Waals surface area contributed by atoms with Crippen LogP contribution in [-0.2, 0) is 11.0 Å². The highest BCUT2D eigenvalue weighted by Gasteiger charge is 2.34.